The summed E-state index contributed by atoms with van der Waals surface area (Å²) in [6, 6.07) is 3.25. The van der Waals surface area contributed by atoms with E-state index >= 15 is 0 Å². The van der Waals surface area contributed by atoms with Gasteiger partial charge in [-0.15, -0.1) is 0 Å². The Morgan fingerprint density at radius 2 is 1.81 bits per heavy atom. The van der Waals surface area contributed by atoms with Gasteiger partial charge in [-0.05, 0) is 24.1 Å². The summed E-state index contributed by atoms with van der Waals surface area (Å²) >= 11 is 0. The summed E-state index contributed by atoms with van der Waals surface area (Å²) in [5, 5.41) is 17.5. The molecule has 1 aromatic carbocycles. The van der Waals surface area contributed by atoms with Gasteiger partial charge in [0.15, 0.2) is 0 Å². The van der Waals surface area contributed by atoms with Crippen LogP contribution in [-0.4, -0.2) is 52.7 Å². The molecule has 21 heavy (non-hydrogen) atoms. The molecule has 2 amide bonds. The van der Waals surface area contributed by atoms with E-state index in [1.54, 1.807) is 6.07 Å². The monoisotopic (exact) mass is 296 g/mol. The molecule has 0 saturated heterocycles. The van der Waals surface area contributed by atoms with Gasteiger partial charge in [-0.25, -0.2) is 9.18 Å². The first kappa shape index (κ1) is 14.8. The summed E-state index contributed by atoms with van der Waals surface area (Å²) in [5.41, 5.74) is 1.11. The van der Waals surface area contributed by atoms with Crippen LogP contribution in [-0.2, 0) is 16.0 Å². The van der Waals surface area contributed by atoms with Crippen LogP contribution in [0.5, 0.6) is 0 Å². The number of amides is 2. The lowest BCUT2D eigenvalue weighted by atomic mass is 10.2. The molecule has 7 nitrogen and oxygen atoms in total. The molecule has 0 aromatic heterocycles. The van der Waals surface area contributed by atoms with Crippen molar-refractivity contribution < 1.29 is 29.0 Å². The van der Waals surface area contributed by atoms with E-state index in [0.717, 1.165) is 5.56 Å². The van der Waals surface area contributed by atoms with Crippen LogP contribution in [0.1, 0.15) is 5.56 Å². The molecule has 1 aliphatic heterocycles. The van der Waals surface area contributed by atoms with Crippen LogP contribution in [0.25, 0.3) is 0 Å². The lowest BCUT2D eigenvalue weighted by Crippen LogP contribution is -2.47. The van der Waals surface area contributed by atoms with Crippen LogP contribution in [0.3, 0.4) is 0 Å². The number of fused-ring (bicyclic) bond motifs is 1. The normalized spacial score (nSPS) is 12.9. The molecule has 1 heterocycles. The maximum atomic E-state index is 13.3. The number of carbonyl (C=O) groups excluding carboxylic acids is 1. The van der Waals surface area contributed by atoms with E-state index in [4.69, 9.17) is 10.2 Å². The molecule has 0 fully saturated rings. The Labute approximate surface area is 119 Å². The number of aliphatic carboxylic acids is 2. The molecule has 2 N–H and O–H groups in total. The minimum atomic E-state index is -1.32. The molecule has 1 aromatic rings. The first-order chi connectivity index (χ1) is 9.88. The summed E-state index contributed by atoms with van der Waals surface area (Å²) in [5.74, 6) is -3.15. The number of urea groups is 1. The molecule has 0 saturated carbocycles. The number of hydrogen-bond acceptors (Lipinski definition) is 3. The van der Waals surface area contributed by atoms with E-state index in [9.17, 15) is 18.8 Å². The summed E-state index contributed by atoms with van der Waals surface area (Å²) in [7, 11) is 0. The maximum Gasteiger partial charge on any atom is 0.325 e. The van der Waals surface area contributed by atoms with E-state index in [-0.39, 0.29) is 6.54 Å². The van der Waals surface area contributed by atoms with Gasteiger partial charge in [0, 0.05) is 6.54 Å². The summed E-state index contributed by atoms with van der Waals surface area (Å²) in [6.45, 7) is -1.20. The molecular weight excluding hydrogens is 283 g/mol. The number of carbonyl (C=O) groups is 3. The number of carboxylic acids is 2. The second-order valence-electron chi connectivity index (χ2n) is 4.60. The fourth-order valence-corrected chi connectivity index (χ4v) is 2.24. The van der Waals surface area contributed by atoms with E-state index in [0.29, 0.717) is 17.0 Å². The highest BCUT2D eigenvalue weighted by Gasteiger charge is 2.30. The van der Waals surface area contributed by atoms with Crippen LogP contribution < -0.4 is 4.90 Å². The molecule has 0 unspecified atom stereocenters. The van der Waals surface area contributed by atoms with Crippen molar-refractivity contribution in [2.75, 3.05) is 24.5 Å². The molecule has 2 rings (SSSR count). The third-order valence-electron chi connectivity index (χ3n) is 3.10. The number of carboxylic acid groups (broad SMARTS) is 2. The highest BCUT2D eigenvalue weighted by atomic mass is 19.1. The standard InChI is InChI=1S/C13H13FN2O5/c14-9-2-1-8-3-4-16(10(8)5-9)13(21)15(6-11(17)18)7-12(19)20/h1-2,5H,3-4,6-7H2,(H,17,18)(H,19,20). The zero-order valence-corrected chi connectivity index (χ0v) is 11.0. The minimum Gasteiger partial charge on any atom is -0.480 e. The molecule has 0 radical (unpaired) electrons. The summed E-state index contributed by atoms with van der Waals surface area (Å²) < 4.78 is 13.3. The van der Waals surface area contributed by atoms with Crippen molar-refractivity contribution >= 4 is 23.7 Å². The number of rotatable bonds is 4. The van der Waals surface area contributed by atoms with Gasteiger partial charge < -0.3 is 15.1 Å². The highest BCUT2D eigenvalue weighted by molar-refractivity contribution is 5.97. The molecule has 112 valence electrons. The first-order valence-electron chi connectivity index (χ1n) is 6.17. The zero-order chi connectivity index (χ0) is 15.6. The maximum absolute atomic E-state index is 13.3. The predicted octanol–water partition coefficient (Wildman–Crippen LogP) is 0.779. The van der Waals surface area contributed by atoms with Crippen LogP contribution >= 0.6 is 0 Å². The fourth-order valence-electron chi connectivity index (χ4n) is 2.24. The number of benzene rings is 1. The summed E-state index contributed by atoms with van der Waals surface area (Å²) in [4.78, 5) is 35.7. The number of nitrogens with zero attached hydrogens (tertiary/aromatic N) is 2. The Morgan fingerprint density at radius 1 is 1.19 bits per heavy atom. The van der Waals surface area contributed by atoms with Gasteiger partial charge >= 0.3 is 18.0 Å². The molecule has 0 aliphatic carbocycles. The Kier molecular flexibility index (Phi) is 4.06. The molecule has 0 spiro atoms. The lowest BCUT2D eigenvalue weighted by Gasteiger charge is -2.25. The Morgan fingerprint density at radius 3 is 2.38 bits per heavy atom. The average Bonchev–Trinajstić information content (AvgIpc) is 2.78. The number of hydrogen-bond donors (Lipinski definition) is 2. The van der Waals surface area contributed by atoms with Crippen molar-refractivity contribution in [2.24, 2.45) is 0 Å². The molecular formula is C13H13FN2O5. The van der Waals surface area contributed by atoms with Crippen molar-refractivity contribution in [1.82, 2.24) is 4.90 Å². The van der Waals surface area contributed by atoms with E-state index in [1.165, 1.54) is 17.0 Å². The fraction of sp³-hybridized carbons (Fsp3) is 0.308. The van der Waals surface area contributed by atoms with Crippen LogP contribution in [0.2, 0.25) is 0 Å². The van der Waals surface area contributed by atoms with E-state index in [2.05, 4.69) is 0 Å². The van der Waals surface area contributed by atoms with E-state index in [1.807, 2.05) is 0 Å². The Balaban J connectivity index is 2.24. The number of halogens is 1. The predicted molar refractivity (Wildman–Crippen MR) is 69.7 cm³/mol. The van der Waals surface area contributed by atoms with Crippen molar-refractivity contribution in [3.8, 4) is 0 Å². The first-order valence-corrected chi connectivity index (χ1v) is 6.17. The van der Waals surface area contributed by atoms with E-state index < -0.39 is 36.9 Å². The lowest BCUT2D eigenvalue weighted by molar-refractivity contribution is -0.140. The number of anilines is 1. The van der Waals surface area contributed by atoms with Crippen molar-refractivity contribution in [3.63, 3.8) is 0 Å². The topological polar surface area (TPSA) is 98.1 Å². The van der Waals surface area contributed by atoms with Crippen LogP contribution in [0.4, 0.5) is 14.9 Å². The molecule has 8 heteroatoms. The van der Waals surface area contributed by atoms with Gasteiger partial charge in [0.2, 0.25) is 0 Å². The van der Waals surface area contributed by atoms with Crippen LogP contribution in [0.15, 0.2) is 18.2 Å². The summed E-state index contributed by atoms with van der Waals surface area (Å²) in [6.07, 6.45) is 0.509. The quantitative estimate of drug-likeness (QED) is 0.855. The highest BCUT2D eigenvalue weighted by Crippen LogP contribution is 2.29. The van der Waals surface area contributed by atoms with Crippen molar-refractivity contribution in [3.05, 3.63) is 29.6 Å². The smallest absolute Gasteiger partial charge is 0.325 e. The van der Waals surface area contributed by atoms with Crippen molar-refractivity contribution in [1.29, 1.82) is 0 Å². The van der Waals surface area contributed by atoms with Gasteiger partial charge in [-0.2, -0.15) is 0 Å². The second-order valence-corrected chi connectivity index (χ2v) is 4.60. The van der Waals surface area contributed by atoms with Gasteiger partial charge in [0.05, 0.1) is 5.69 Å². The second kappa shape index (κ2) is 5.78. The van der Waals surface area contributed by atoms with Crippen molar-refractivity contribution in [2.45, 2.75) is 6.42 Å². The molecule has 0 atom stereocenters. The van der Waals surface area contributed by atoms with Gasteiger partial charge in [0.1, 0.15) is 18.9 Å². The zero-order valence-electron chi connectivity index (χ0n) is 11.0. The third kappa shape index (κ3) is 3.28. The Hall–Kier alpha value is -2.64. The van der Waals surface area contributed by atoms with Crippen LogP contribution in [0, 0.1) is 5.82 Å². The average molecular weight is 296 g/mol. The SMILES string of the molecule is O=C(O)CN(CC(=O)O)C(=O)N1CCc2ccc(F)cc21. The molecule has 0 bridgehead atoms. The minimum absolute atomic E-state index is 0.257. The van der Waals surface area contributed by atoms with Gasteiger partial charge in [-0.1, -0.05) is 6.07 Å². The van der Waals surface area contributed by atoms with Gasteiger partial charge in [-0.3, -0.25) is 14.5 Å². The van der Waals surface area contributed by atoms with Gasteiger partial charge in [0.25, 0.3) is 0 Å². The Bertz CT molecular complexity index is 588. The largest absolute Gasteiger partial charge is 0.480 e. The third-order valence-corrected chi connectivity index (χ3v) is 3.10. The molecule has 1 aliphatic rings.